The van der Waals surface area contributed by atoms with E-state index in [0.717, 1.165) is 0 Å². The molecule has 1 aromatic heterocycles. The van der Waals surface area contributed by atoms with E-state index in [4.69, 9.17) is 19.7 Å². The minimum atomic E-state index is 0.00112. The molecule has 2 rings (SSSR count). The first kappa shape index (κ1) is 9.75. The molecule has 1 aromatic carbocycles. The third-order valence-electron chi connectivity index (χ3n) is 1.79. The zero-order valence-electron chi connectivity index (χ0n) is 7.97. The minimum absolute atomic E-state index is 0.00112. The van der Waals surface area contributed by atoms with Gasteiger partial charge in [0.15, 0.2) is 5.75 Å². The maximum Gasteiger partial charge on any atom is 0.399 e. The highest BCUT2D eigenvalue weighted by atomic mass is 16.6. The number of benzene rings is 1. The molecule has 0 bridgehead atoms. The molecule has 0 N–H and O–H groups in total. The van der Waals surface area contributed by atoms with Crippen molar-refractivity contribution in [1.29, 1.82) is 10.5 Å². The van der Waals surface area contributed by atoms with E-state index in [9.17, 15) is 0 Å². The van der Waals surface area contributed by atoms with Crippen LogP contribution >= 0.6 is 0 Å². The largest absolute Gasteiger partial charge is 0.417 e. The van der Waals surface area contributed by atoms with Crippen LogP contribution in [-0.2, 0) is 0 Å². The number of hydrogen-bond donors (Lipinski definition) is 0. The van der Waals surface area contributed by atoms with Crippen molar-refractivity contribution in [3.05, 3.63) is 41.8 Å². The molecule has 0 fully saturated rings. The molecular weight excluding hydrogens is 206 g/mol. The molecule has 0 saturated heterocycles. The van der Waals surface area contributed by atoms with Crippen LogP contribution in [0.3, 0.4) is 0 Å². The fraction of sp³-hybridized carbons (Fsp3) is 0. The second kappa shape index (κ2) is 4.16. The fourth-order valence-electron chi connectivity index (χ4n) is 1.10. The molecule has 2 aromatic rings. The summed E-state index contributed by atoms with van der Waals surface area (Å²) in [6, 6.07) is 8.36. The molecule has 1 radical (unpaired) electrons. The lowest BCUT2D eigenvalue weighted by atomic mass is 10.1. The van der Waals surface area contributed by atoms with Crippen LogP contribution in [0.2, 0.25) is 0 Å². The number of oxazole rings is 1. The number of nitrogens with zero attached hydrogens (tertiary/aromatic N) is 3. The SMILES string of the molecule is N#Cc1ccc(Oc2n[c]co2)c(C#N)c1. The highest BCUT2D eigenvalue weighted by Crippen LogP contribution is 2.24. The number of nitriles is 2. The van der Waals surface area contributed by atoms with Gasteiger partial charge in [-0.2, -0.15) is 15.5 Å². The van der Waals surface area contributed by atoms with E-state index in [-0.39, 0.29) is 17.4 Å². The molecule has 0 aliphatic rings. The Bertz CT molecular complexity index is 576. The van der Waals surface area contributed by atoms with E-state index >= 15 is 0 Å². The van der Waals surface area contributed by atoms with Gasteiger partial charge in [-0.25, -0.2) is 0 Å². The van der Waals surface area contributed by atoms with Gasteiger partial charge in [0.25, 0.3) is 0 Å². The molecular formula is C11H4N3O2. The third-order valence-corrected chi connectivity index (χ3v) is 1.79. The van der Waals surface area contributed by atoms with Gasteiger partial charge in [0.05, 0.1) is 17.2 Å². The Labute approximate surface area is 91.1 Å². The van der Waals surface area contributed by atoms with Gasteiger partial charge in [0, 0.05) is 0 Å². The van der Waals surface area contributed by atoms with Crippen LogP contribution in [-0.4, -0.2) is 4.98 Å². The van der Waals surface area contributed by atoms with Gasteiger partial charge in [-0.3, -0.25) is 0 Å². The Morgan fingerprint density at radius 2 is 2.19 bits per heavy atom. The Hall–Kier alpha value is -2.79. The summed E-state index contributed by atoms with van der Waals surface area (Å²) in [4.78, 5) is 3.64. The lowest BCUT2D eigenvalue weighted by Gasteiger charge is -2.02. The number of ether oxygens (including phenoxy) is 1. The van der Waals surface area contributed by atoms with E-state index in [0.29, 0.717) is 5.56 Å². The maximum atomic E-state index is 8.87. The van der Waals surface area contributed by atoms with Crippen LogP contribution in [0.5, 0.6) is 11.8 Å². The van der Waals surface area contributed by atoms with Gasteiger partial charge >= 0.3 is 6.08 Å². The molecule has 0 aliphatic carbocycles. The molecule has 75 valence electrons. The second-order valence-corrected chi connectivity index (χ2v) is 2.78. The van der Waals surface area contributed by atoms with Crippen LogP contribution < -0.4 is 4.74 Å². The summed E-state index contributed by atoms with van der Waals surface area (Å²) < 4.78 is 10.0. The van der Waals surface area contributed by atoms with Crippen molar-refractivity contribution in [2.24, 2.45) is 0 Å². The van der Waals surface area contributed by atoms with Gasteiger partial charge < -0.3 is 9.15 Å². The summed E-state index contributed by atoms with van der Waals surface area (Å²) in [6.07, 6.45) is 3.68. The molecule has 0 atom stereocenters. The number of aromatic nitrogens is 1. The third kappa shape index (κ3) is 1.84. The highest BCUT2D eigenvalue weighted by molar-refractivity contribution is 5.49. The van der Waals surface area contributed by atoms with E-state index in [1.165, 1.54) is 18.4 Å². The molecule has 5 nitrogen and oxygen atoms in total. The van der Waals surface area contributed by atoms with Crippen LogP contribution in [0.15, 0.2) is 28.9 Å². The van der Waals surface area contributed by atoms with Crippen molar-refractivity contribution in [1.82, 2.24) is 4.98 Å². The standard InChI is InChI=1S/C11H4N3O2/c12-6-8-1-2-10(9(5-8)7-13)16-11-14-3-4-15-11/h1-2,4-5H. The topological polar surface area (TPSA) is 82.8 Å². The average molecular weight is 210 g/mol. The minimum Gasteiger partial charge on any atom is -0.417 e. The molecule has 0 unspecified atom stereocenters. The first-order chi connectivity index (χ1) is 7.83. The average Bonchev–Trinajstić information content (AvgIpc) is 2.82. The molecule has 0 spiro atoms. The van der Waals surface area contributed by atoms with Crippen LogP contribution in [0.1, 0.15) is 11.1 Å². The van der Waals surface area contributed by atoms with Gasteiger partial charge in [0.1, 0.15) is 18.5 Å². The quantitative estimate of drug-likeness (QED) is 0.756. The van der Waals surface area contributed by atoms with Gasteiger partial charge in [0.2, 0.25) is 0 Å². The van der Waals surface area contributed by atoms with Crippen molar-refractivity contribution >= 4 is 0 Å². The molecule has 0 saturated carbocycles. The van der Waals surface area contributed by atoms with Gasteiger partial charge in [-0.15, -0.1) is 0 Å². The summed E-state index contributed by atoms with van der Waals surface area (Å²) in [5.74, 6) is 0.289. The molecule has 0 amide bonds. The fourth-order valence-corrected chi connectivity index (χ4v) is 1.10. The van der Waals surface area contributed by atoms with Crippen molar-refractivity contribution in [3.8, 4) is 24.0 Å². The number of hydrogen-bond acceptors (Lipinski definition) is 5. The predicted molar refractivity (Wildman–Crippen MR) is 51.3 cm³/mol. The Morgan fingerprint density at radius 3 is 2.81 bits per heavy atom. The summed E-state index contributed by atoms with van der Waals surface area (Å²) in [5, 5.41) is 17.5. The summed E-state index contributed by atoms with van der Waals surface area (Å²) >= 11 is 0. The van der Waals surface area contributed by atoms with Crippen LogP contribution in [0.4, 0.5) is 0 Å². The van der Waals surface area contributed by atoms with Gasteiger partial charge in [-0.05, 0) is 18.2 Å². The summed E-state index contributed by atoms with van der Waals surface area (Å²) in [6.45, 7) is 0. The predicted octanol–water partition coefficient (Wildman–Crippen LogP) is 2.01. The second-order valence-electron chi connectivity index (χ2n) is 2.78. The first-order valence-corrected chi connectivity index (χ1v) is 4.27. The van der Waals surface area contributed by atoms with Crippen molar-refractivity contribution in [3.63, 3.8) is 0 Å². The first-order valence-electron chi connectivity index (χ1n) is 4.27. The Morgan fingerprint density at radius 1 is 1.31 bits per heavy atom. The monoisotopic (exact) mass is 210 g/mol. The van der Waals surface area contributed by atoms with Gasteiger partial charge in [-0.1, -0.05) is 0 Å². The van der Waals surface area contributed by atoms with Crippen molar-refractivity contribution < 1.29 is 9.15 Å². The van der Waals surface area contributed by atoms with E-state index in [2.05, 4.69) is 11.2 Å². The van der Waals surface area contributed by atoms with Crippen LogP contribution in [0.25, 0.3) is 0 Å². The maximum absolute atomic E-state index is 8.87. The smallest absolute Gasteiger partial charge is 0.399 e. The highest BCUT2D eigenvalue weighted by Gasteiger charge is 2.08. The van der Waals surface area contributed by atoms with E-state index in [1.807, 2.05) is 12.1 Å². The summed E-state index contributed by atoms with van der Waals surface area (Å²) in [7, 11) is 0. The zero-order valence-corrected chi connectivity index (χ0v) is 7.97. The van der Waals surface area contributed by atoms with Crippen molar-refractivity contribution in [2.45, 2.75) is 0 Å². The van der Waals surface area contributed by atoms with Crippen LogP contribution in [0, 0.1) is 28.9 Å². The Kier molecular flexibility index (Phi) is 2.53. The molecule has 1 heterocycles. The zero-order chi connectivity index (χ0) is 11.4. The summed E-state index contributed by atoms with van der Waals surface area (Å²) in [5.41, 5.74) is 0.639. The molecule has 16 heavy (non-hydrogen) atoms. The van der Waals surface area contributed by atoms with Crippen molar-refractivity contribution in [2.75, 3.05) is 0 Å². The molecule has 5 heteroatoms. The van der Waals surface area contributed by atoms with E-state index < -0.39 is 0 Å². The Balaban J connectivity index is 2.36. The lowest BCUT2D eigenvalue weighted by molar-refractivity contribution is 0.330. The molecule has 0 aliphatic heterocycles. The normalized spacial score (nSPS) is 9.12. The number of rotatable bonds is 2. The van der Waals surface area contributed by atoms with E-state index in [1.54, 1.807) is 6.07 Å². The lowest BCUT2D eigenvalue weighted by Crippen LogP contribution is -1.89.